The van der Waals surface area contributed by atoms with E-state index in [9.17, 15) is 19.2 Å². The Hall–Kier alpha value is -3.36. The number of esters is 1. The zero-order valence-corrected chi connectivity index (χ0v) is 16.2. The minimum atomic E-state index is -0.766. The summed E-state index contributed by atoms with van der Waals surface area (Å²) < 4.78 is 6.29. The number of nitrogens with zero attached hydrogens (tertiary/aromatic N) is 2. The third-order valence-corrected chi connectivity index (χ3v) is 5.06. The molecule has 1 aliphatic carbocycles. The predicted octanol–water partition coefficient (Wildman–Crippen LogP) is 0.863. The molecule has 9 nitrogen and oxygen atoms in total. The maximum Gasteiger partial charge on any atom is 0.330 e. The molecule has 0 aliphatic heterocycles. The lowest BCUT2D eigenvalue weighted by molar-refractivity contribution is -0.154. The number of H-pyrrole nitrogens is 1. The van der Waals surface area contributed by atoms with Crippen LogP contribution < -0.4 is 21.9 Å². The summed E-state index contributed by atoms with van der Waals surface area (Å²) in [7, 11) is 0. The number of nitrogens with two attached hydrogens (primary N) is 1. The van der Waals surface area contributed by atoms with Gasteiger partial charge < -0.3 is 15.4 Å². The van der Waals surface area contributed by atoms with Gasteiger partial charge in [0.2, 0.25) is 0 Å². The maximum absolute atomic E-state index is 12.6. The van der Waals surface area contributed by atoms with E-state index in [-0.39, 0.29) is 30.5 Å². The van der Waals surface area contributed by atoms with E-state index in [2.05, 4.69) is 4.98 Å². The van der Waals surface area contributed by atoms with Gasteiger partial charge in [0.15, 0.2) is 12.3 Å². The van der Waals surface area contributed by atoms with Crippen molar-refractivity contribution < 1.29 is 14.3 Å². The highest BCUT2D eigenvalue weighted by Gasteiger charge is 2.29. The number of benzene rings is 1. The fourth-order valence-corrected chi connectivity index (χ4v) is 3.19. The Morgan fingerprint density at radius 3 is 2.52 bits per heavy atom. The number of carbonyl (C=O) groups excluding carboxylic acids is 2. The number of amides is 1. The van der Waals surface area contributed by atoms with Crippen molar-refractivity contribution in [1.29, 1.82) is 0 Å². The van der Waals surface area contributed by atoms with Gasteiger partial charge >= 0.3 is 11.7 Å². The van der Waals surface area contributed by atoms with Crippen molar-refractivity contribution in [3.8, 4) is 0 Å². The van der Waals surface area contributed by atoms with Gasteiger partial charge in [-0.25, -0.2) is 4.79 Å². The molecule has 0 unspecified atom stereocenters. The van der Waals surface area contributed by atoms with Crippen molar-refractivity contribution in [2.24, 2.45) is 5.92 Å². The average molecular weight is 400 g/mol. The highest BCUT2D eigenvalue weighted by molar-refractivity contribution is 5.97. The van der Waals surface area contributed by atoms with Crippen LogP contribution in [-0.2, 0) is 20.9 Å². The van der Waals surface area contributed by atoms with Crippen LogP contribution in [0.25, 0.3) is 0 Å². The Labute approximate surface area is 167 Å². The number of aromatic nitrogens is 2. The summed E-state index contributed by atoms with van der Waals surface area (Å²) in [4.78, 5) is 52.5. The standard InChI is InChI=1S/C20H24N4O5/c1-2-23(15(25)12-29-19(27)14-9-6-10-14)16-17(21)24(20(28)22-18(16)26)11-13-7-4-3-5-8-13/h3-5,7-8,14H,2,6,9-12,21H2,1H3,(H,22,26,28). The number of hydrogen-bond donors (Lipinski definition) is 2. The first-order valence-electron chi connectivity index (χ1n) is 9.55. The number of hydrogen-bond acceptors (Lipinski definition) is 6. The van der Waals surface area contributed by atoms with Gasteiger partial charge in [-0.05, 0) is 25.3 Å². The second-order valence-electron chi connectivity index (χ2n) is 6.94. The van der Waals surface area contributed by atoms with E-state index in [0.717, 1.165) is 29.7 Å². The first-order valence-corrected chi connectivity index (χ1v) is 9.55. The molecule has 1 heterocycles. The number of rotatable bonds is 7. The molecule has 1 fully saturated rings. The molecule has 3 N–H and O–H groups in total. The zero-order valence-electron chi connectivity index (χ0n) is 16.2. The van der Waals surface area contributed by atoms with Gasteiger partial charge in [0.25, 0.3) is 11.5 Å². The van der Waals surface area contributed by atoms with Gasteiger partial charge in [0.1, 0.15) is 5.82 Å². The summed E-state index contributed by atoms with van der Waals surface area (Å²) in [6, 6.07) is 9.12. The number of ether oxygens (including phenoxy) is 1. The minimum absolute atomic E-state index is 0.122. The molecule has 0 radical (unpaired) electrons. The number of nitrogen functional groups attached to an aromatic ring is 1. The van der Waals surface area contributed by atoms with Gasteiger partial charge in [-0.3, -0.25) is 23.9 Å². The van der Waals surface area contributed by atoms with Crippen molar-refractivity contribution in [2.45, 2.75) is 32.7 Å². The Morgan fingerprint density at radius 1 is 1.24 bits per heavy atom. The smallest absolute Gasteiger partial charge is 0.330 e. The van der Waals surface area contributed by atoms with Crippen molar-refractivity contribution in [3.05, 3.63) is 56.7 Å². The second-order valence-corrected chi connectivity index (χ2v) is 6.94. The molecule has 1 amide bonds. The number of anilines is 2. The molecular formula is C20H24N4O5. The lowest BCUT2D eigenvalue weighted by Gasteiger charge is -2.25. The Balaban J connectivity index is 1.85. The molecule has 1 aliphatic rings. The summed E-state index contributed by atoms with van der Waals surface area (Å²) in [5.74, 6) is -1.26. The third kappa shape index (κ3) is 4.39. The van der Waals surface area contributed by atoms with Crippen LogP contribution in [0.5, 0.6) is 0 Å². The van der Waals surface area contributed by atoms with Crippen molar-refractivity contribution in [2.75, 3.05) is 23.8 Å². The Morgan fingerprint density at radius 2 is 1.93 bits per heavy atom. The van der Waals surface area contributed by atoms with E-state index >= 15 is 0 Å². The fraction of sp³-hybridized carbons (Fsp3) is 0.400. The van der Waals surface area contributed by atoms with Gasteiger partial charge in [0.05, 0.1) is 12.5 Å². The maximum atomic E-state index is 12.6. The normalized spacial score (nSPS) is 13.6. The first-order chi connectivity index (χ1) is 13.9. The molecule has 0 spiro atoms. The minimum Gasteiger partial charge on any atom is -0.455 e. The van der Waals surface area contributed by atoms with E-state index in [4.69, 9.17) is 10.5 Å². The molecule has 1 aromatic heterocycles. The van der Waals surface area contributed by atoms with Crippen molar-refractivity contribution in [1.82, 2.24) is 9.55 Å². The van der Waals surface area contributed by atoms with E-state index in [1.807, 2.05) is 30.3 Å². The molecular weight excluding hydrogens is 376 g/mol. The topological polar surface area (TPSA) is 127 Å². The molecule has 2 aromatic rings. The van der Waals surface area contributed by atoms with Gasteiger partial charge in [0, 0.05) is 6.54 Å². The molecule has 29 heavy (non-hydrogen) atoms. The third-order valence-electron chi connectivity index (χ3n) is 5.06. The van der Waals surface area contributed by atoms with E-state index in [1.165, 1.54) is 4.57 Å². The molecule has 0 saturated heterocycles. The highest BCUT2D eigenvalue weighted by Crippen LogP contribution is 2.27. The lowest BCUT2D eigenvalue weighted by Crippen LogP contribution is -2.43. The van der Waals surface area contributed by atoms with Gasteiger partial charge in [-0.2, -0.15) is 0 Å². The zero-order chi connectivity index (χ0) is 21.0. The average Bonchev–Trinajstić information content (AvgIpc) is 2.66. The summed E-state index contributed by atoms with van der Waals surface area (Å²) >= 11 is 0. The van der Waals surface area contributed by atoms with Crippen LogP contribution >= 0.6 is 0 Å². The molecule has 9 heteroatoms. The number of likely N-dealkylation sites (N-methyl/N-ethyl adjacent to an activating group) is 1. The van der Waals surface area contributed by atoms with E-state index < -0.39 is 29.7 Å². The van der Waals surface area contributed by atoms with Crippen LogP contribution in [0.15, 0.2) is 39.9 Å². The SMILES string of the molecule is CCN(C(=O)COC(=O)C1CCC1)c1c(N)n(Cc2ccccc2)c(=O)[nH]c1=O. The summed E-state index contributed by atoms with van der Waals surface area (Å²) in [6.07, 6.45) is 2.51. The van der Waals surface area contributed by atoms with E-state index in [1.54, 1.807) is 6.92 Å². The number of aromatic amines is 1. The summed E-state index contributed by atoms with van der Waals surface area (Å²) in [5, 5.41) is 0. The quantitative estimate of drug-likeness (QED) is 0.664. The van der Waals surface area contributed by atoms with Crippen LogP contribution in [0.1, 0.15) is 31.7 Å². The van der Waals surface area contributed by atoms with Crippen molar-refractivity contribution in [3.63, 3.8) is 0 Å². The molecule has 0 atom stereocenters. The lowest BCUT2D eigenvalue weighted by atomic mass is 9.86. The molecule has 3 rings (SSSR count). The fourth-order valence-electron chi connectivity index (χ4n) is 3.19. The van der Waals surface area contributed by atoms with E-state index in [0.29, 0.717) is 0 Å². The van der Waals surface area contributed by atoms with Crippen molar-refractivity contribution >= 4 is 23.4 Å². The molecule has 1 aromatic carbocycles. The largest absolute Gasteiger partial charge is 0.455 e. The summed E-state index contributed by atoms with van der Waals surface area (Å²) in [6.45, 7) is 1.44. The Bertz CT molecular complexity index is 1010. The second kappa shape index (κ2) is 8.76. The van der Waals surface area contributed by atoms with Crippen LogP contribution in [0.4, 0.5) is 11.5 Å². The van der Waals surface area contributed by atoms with Crippen LogP contribution in [0.3, 0.4) is 0 Å². The van der Waals surface area contributed by atoms with Crippen LogP contribution in [0.2, 0.25) is 0 Å². The van der Waals surface area contributed by atoms with Crippen LogP contribution in [0, 0.1) is 5.92 Å². The Kier molecular flexibility index (Phi) is 6.16. The molecule has 0 bridgehead atoms. The molecule has 1 saturated carbocycles. The molecule has 154 valence electrons. The van der Waals surface area contributed by atoms with Crippen LogP contribution in [-0.4, -0.2) is 34.6 Å². The van der Waals surface area contributed by atoms with Gasteiger partial charge in [-0.15, -0.1) is 0 Å². The monoisotopic (exact) mass is 400 g/mol. The highest BCUT2D eigenvalue weighted by atomic mass is 16.5. The first kappa shape index (κ1) is 20.4. The number of nitrogens with one attached hydrogen (secondary N) is 1. The predicted molar refractivity (Wildman–Crippen MR) is 108 cm³/mol. The number of carbonyl (C=O) groups is 2. The summed E-state index contributed by atoms with van der Waals surface area (Å²) in [5.41, 5.74) is 5.37. The van der Waals surface area contributed by atoms with Gasteiger partial charge in [-0.1, -0.05) is 36.8 Å².